The molecule has 0 saturated heterocycles. The summed E-state index contributed by atoms with van der Waals surface area (Å²) in [7, 11) is 0. The monoisotopic (exact) mass is 628 g/mol. The minimum atomic E-state index is 0.872. The number of hydrogen-bond donors (Lipinski definition) is 0. The van der Waals surface area contributed by atoms with Crippen molar-refractivity contribution in [3.05, 3.63) is 181 Å². The van der Waals surface area contributed by atoms with E-state index >= 15 is 0 Å². The Bertz CT molecular complexity index is 2590. The number of hydrogen-bond acceptors (Lipinski definition) is 3. The quantitative estimate of drug-likeness (QED) is 0.184. The van der Waals surface area contributed by atoms with Crippen molar-refractivity contribution in [2.75, 3.05) is 4.90 Å². The van der Waals surface area contributed by atoms with E-state index in [1.54, 1.807) is 0 Å². The number of aryl methyl sites for hydroxylation is 1. The van der Waals surface area contributed by atoms with E-state index in [2.05, 4.69) is 174 Å². The summed E-state index contributed by atoms with van der Waals surface area (Å²) in [5, 5.41) is 2.44. The molecule has 0 unspecified atom stereocenters. The van der Waals surface area contributed by atoms with E-state index < -0.39 is 0 Å². The normalized spacial score (nSPS) is 11.4. The van der Waals surface area contributed by atoms with Crippen molar-refractivity contribution in [1.82, 2.24) is 14.5 Å². The van der Waals surface area contributed by atoms with Crippen LogP contribution < -0.4 is 4.90 Å². The van der Waals surface area contributed by atoms with Crippen LogP contribution in [-0.4, -0.2) is 14.5 Å². The summed E-state index contributed by atoms with van der Waals surface area (Å²) in [6.07, 6.45) is 0. The van der Waals surface area contributed by atoms with E-state index in [4.69, 9.17) is 9.97 Å². The van der Waals surface area contributed by atoms with Crippen LogP contribution in [0.3, 0.4) is 0 Å². The molecule has 9 rings (SSSR count). The van der Waals surface area contributed by atoms with Gasteiger partial charge in [0, 0.05) is 44.6 Å². The minimum Gasteiger partial charge on any atom is -0.310 e. The lowest BCUT2D eigenvalue weighted by molar-refractivity contribution is 1.18. The lowest BCUT2D eigenvalue weighted by Gasteiger charge is -2.26. The van der Waals surface area contributed by atoms with Gasteiger partial charge in [0.15, 0.2) is 0 Å². The number of rotatable bonds is 6. The third-order valence-electron chi connectivity index (χ3n) is 9.29. The molecule has 0 saturated carbocycles. The summed E-state index contributed by atoms with van der Waals surface area (Å²) < 4.78 is 2.35. The van der Waals surface area contributed by atoms with E-state index in [-0.39, 0.29) is 0 Å². The van der Waals surface area contributed by atoms with Crippen LogP contribution >= 0.6 is 0 Å². The molecule has 49 heavy (non-hydrogen) atoms. The molecule has 4 nitrogen and oxygen atoms in total. The van der Waals surface area contributed by atoms with Gasteiger partial charge in [-0.2, -0.15) is 0 Å². The van der Waals surface area contributed by atoms with Crippen LogP contribution in [0.4, 0.5) is 17.1 Å². The molecule has 0 bridgehead atoms. The smallest absolute Gasteiger partial charge is 0.0973 e. The second-order valence-electron chi connectivity index (χ2n) is 12.3. The van der Waals surface area contributed by atoms with Crippen LogP contribution in [0, 0.1) is 6.92 Å². The summed E-state index contributed by atoms with van der Waals surface area (Å²) >= 11 is 0. The average molecular weight is 629 g/mol. The summed E-state index contributed by atoms with van der Waals surface area (Å²) in [4.78, 5) is 12.7. The van der Waals surface area contributed by atoms with Gasteiger partial charge in [-0.15, -0.1) is 0 Å². The second-order valence-corrected chi connectivity index (χ2v) is 12.3. The average Bonchev–Trinajstić information content (AvgIpc) is 3.50. The molecule has 7 aromatic carbocycles. The predicted molar refractivity (Wildman–Crippen MR) is 204 cm³/mol. The maximum absolute atomic E-state index is 5.19. The highest BCUT2D eigenvalue weighted by molar-refractivity contribution is 6.10. The third-order valence-corrected chi connectivity index (χ3v) is 9.29. The Morgan fingerprint density at radius 1 is 0.449 bits per heavy atom. The van der Waals surface area contributed by atoms with Gasteiger partial charge in [0.2, 0.25) is 0 Å². The number of anilines is 3. The van der Waals surface area contributed by atoms with E-state index in [0.717, 1.165) is 61.9 Å². The molecule has 232 valence electrons. The SMILES string of the molecule is Cc1cccc2nc(-c3ccc(N(c4ccccc4)c4ccc5c(c4)c4ccccc4n5-c4ccccc4)cc3)c(-c3ccccc3)nc12. The standard InChI is InChI=1S/C45H32N4/c1-31-14-13-22-40-43(31)47-45(32-15-5-2-6-16-32)44(46-40)33-24-26-36(27-25-33)48(34-17-7-3-8-18-34)37-28-29-42-39(30-37)38-21-11-12-23-41(38)49(42)35-19-9-4-10-20-35/h2-30H,1H3. The maximum atomic E-state index is 5.19. The van der Waals surface area contributed by atoms with Gasteiger partial charge in [0.1, 0.15) is 0 Å². The van der Waals surface area contributed by atoms with Crippen LogP contribution in [-0.2, 0) is 0 Å². The van der Waals surface area contributed by atoms with Crippen LogP contribution in [0.2, 0.25) is 0 Å². The van der Waals surface area contributed by atoms with Gasteiger partial charge >= 0.3 is 0 Å². The molecule has 0 N–H and O–H groups in total. The van der Waals surface area contributed by atoms with Crippen molar-refractivity contribution in [2.45, 2.75) is 6.92 Å². The van der Waals surface area contributed by atoms with E-state index in [1.807, 2.05) is 18.2 Å². The van der Waals surface area contributed by atoms with Crippen molar-refractivity contribution in [1.29, 1.82) is 0 Å². The van der Waals surface area contributed by atoms with Crippen LogP contribution in [0.15, 0.2) is 176 Å². The number of fused-ring (bicyclic) bond motifs is 4. The molecule has 9 aromatic rings. The molecule has 0 radical (unpaired) electrons. The predicted octanol–water partition coefficient (Wildman–Crippen LogP) is 11.8. The van der Waals surface area contributed by atoms with Gasteiger partial charge in [-0.1, -0.05) is 109 Å². The van der Waals surface area contributed by atoms with Crippen LogP contribution in [0.25, 0.3) is 61.0 Å². The molecular formula is C45H32N4. The molecule has 0 aliphatic rings. The highest BCUT2D eigenvalue weighted by atomic mass is 15.1. The fourth-order valence-corrected chi connectivity index (χ4v) is 6.96. The molecule has 0 atom stereocenters. The number of nitrogens with zero attached hydrogens (tertiary/aromatic N) is 4. The number of para-hydroxylation sites is 4. The molecular weight excluding hydrogens is 597 g/mol. The Kier molecular flexibility index (Phi) is 6.98. The van der Waals surface area contributed by atoms with Gasteiger partial charge < -0.3 is 9.47 Å². The minimum absolute atomic E-state index is 0.872. The first-order valence-electron chi connectivity index (χ1n) is 16.6. The van der Waals surface area contributed by atoms with E-state index in [1.165, 1.54) is 21.8 Å². The first kappa shape index (κ1) is 28.7. The summed E-state index contributed by atoms with van der Waals surface area (Å²) in [5.41, 5.74) is 13.5. The Morgan fingerprint density at radius 3 is 1.82 bits per heavy atom. The lowest BCUT2D eigenvalue weighted by Crippen LogP contribution is -2.09. The summed E-state index contributed by atoms with van der Waals surface area (Å²) in [5.74, 6) is 0. The zero-order chi connectivity index (χ0) is 32.7. The van der Waals surface area contributed by atoms with Crippen molar-refractivity contribution >= 4 is 49.9 Å². The molecule has 2 heterocycles. The largest absolute Gasteiger partial charge is 0.310 e. The molecule has 0 aliphatic heterocycles. The Labute approximate surface area is 285 Å². The Morgan fingerprint density at radius 2 is 1.04 bits per heavy atom. The van der Waals surface area contributed by atoms with Crippen LogP contribution in [0.1, 0.15) is 5.56 Å². The highest BCUT2D eigenvalue weighted by Crippen LogP contribution is 2.40. The van der Waals surface area contributed by atoms with Crippen LogP contribution in [0.5, 0.6) is 0 Å². The van der Waals surface area contributed by atoms with Gasteiger partial charge in [0.25, 0.3) is 0 Å². The molecule has 0 spiro atoms. The Balaban J connectivity index is 1.19. The van der Waals surface area contributed by atoms with Gasteiger partial charge in [-0.05, 0) is 79.2 Å². The summed E-state index contributed by atoms with van der Waals surface area (Å²) in [6, 6.07) is 61.9. The number of aromatic nitrogens is 3. The third kappa shape index (κ3) is 5.02. The number of benzene rings is 7. The maximum Gasteiger partial charge on any atom is 0.0973 e. The lowest BCUT2D eigenvalue weighted by atomic mass is 10.0. The van der Waals surface area contributed by atoms with Gasteiger partial charge in [-0.25, -0.2) is 9.97 Å². The zero-order valence-corrected chi connectivity index (χ0v) is 27.0. The van der Waals surface area contributed by atoms with Crippen molar-refractivity contribution in [2.24, 2.45) is 0 Å². The van der Waals surface area contributed by atoms with Crippen molar-refractivity contribution in [3.8, 4) is 28.2 Å². The molecule has 2 aromatic heterocycles. The van der Waals surface area contributed by atoms with Gasteiger partial charge in [-0.3, -0.25) is 0 Å². The summed E-state index contributed by atoms with van der Waals surface area (Å²) in [6.45, 7) is 2.09. The zero-order valence-electron chi connectivity index (χ0n) is 27.0. The van der Waals surface area contributed by atoms with Gasteiger partial charge in [0.05, 0.1) is 33.5 Å². The fourth-order valence-electron chi connectivity index (χ4n) is 6.96. The Hall–Kier alpha value is -6.52. The van der Waals surface area contributed by atoms with Crippen molar-refractivity contribution < 1.29 is 0 Å². The first-order chi connectivity index (χ1) is 24.2. The molecule has 0 fully saturated rings. The molecule has 0 aliphatic carbocycles. The fraction of sp³-hybridized carbons (Fsp3) is 0.0222. The second kappa shape index (κ2) is 11.9. The first-order valence-corrected chi connectivity index (χ1v) is 16.6. The van der Waals surface area contributed by atoms with Crippen molar-refractivity contribution in [3.63, 3.8) is 0 Å². The highest BCUT2D eigenvalue weighted by Gasteiger charge is 2.19. The van der Waals surface area contributed by atoms with E-state index in [0.29, 0.717) is 0 Å². The topological polar surface area (TPSA) is 34.0 Å². The molecule has 4 heteroatoms. The van der Waals surface area contributed by atoms with E-state index in [9.17, 15) is 0 Å². The molecule has 0 amide bonds.